The van der Waals surface area contributed by atoms with Crippen molar-refractivity contribution in [2.24, 2.45) is 0 Å². The Kier molecular flexibility index (Phi) is 12.2. The SMILES string of the molecule is OCc1cc(C(O)CNCCCCCCCCCCCc2ccccc2)ccc1O. The molecule has 0 amide bonds. The summed E-state index contributed by atoms with van der Waals surface area (Å²) >= 11 is 0. The van der Waals surface area contributed by atoms with Crippen LogP contribution >= 0.6 is 0 Å². The van der Waals surface area contributed by atoms with Crippen LogP contribution in [0.4, 0.5) is 0 Å². The zero-order valence-electron chi connectivity index (χ0n) is 18.2. The monoisotopic (exact) mass is 413 g/mol. The fourth-order valence-corrected chi connectivity index (χ4v) is 3.76. The lowest BCUT2D eigenvalue weighted by Crippen LogP contribution is -2.22. The van der Waals surface area contributed by atoms with Crippen molar-refractivity contribution in [3.8, 4) is 5.75 Å². The van der Waals surface area contributed by atoms with E-state index >= 15 is 0 Å². The van der Waals surface area contributed by atoms with Gasteiger partial charge in [-0.3, -0.25) is 0 Å². The highest BCUT2D eigenvalue weighted by Gasteiger charge is 2.09. The van der Waals surface area contributed by atoms with E-state index in [9.17, 15) is 15.3 Å². The van der Waals surface area contributed by atoms with Crippen LogP contribution in [0.25, 0.3) is 0 Å². The second-order valence-corrected chi connectivity index (χ2v) is 8.18. The van der Waals surface area contributed by atoms with Crippen LogP contribution in [0.2, 0.25) is 0 Å². The summed E-state index contributed by atoms with van der Waals surface area (Å²) in [5.74, 6) is 0.0635. The Morgan fingerprint density at radius 1 is 0.767 bits per heavy atom. The van der Waals surface area contributed by atoms with Gasteiger partial charge < -0.3 is 20.6 Å². The maximum absolute atomic E-state index is 10.2. The van der Waals surface area contributed by atoms with Crippen molar-refractivity contribution < 1.29 is 15.3 Å². The van der Waals surface area contributed by atoms with Crippen molar-refractivity contribution in [2.45, 2.75) is 76.9 Å². The molecule has 0 fully saturated rings. The van der Waals surface area contributed by atoms with E-state index in [4.69, 9.17) is 0 Å². The minimum absolute atomic E-state index is 0.0635. The second kappa shape index (κ2) is 15.0. The summed E-state index contributed by atoms with van der Waals surface area (Å²) in [6.45, 7) is 1.16. The molecule has 2 aromatic rings. The molecule has 4 N–H and O–H groups in total. The Labute approximate surface area is 182 Å². The molecule has 0 aliphatic heterocycles. The molecule has 1 unspecified atom stereocenters. The predicted molar refractivity (Wildman–Crippen MR) is 124 cm³/mol. The first-order chi connectivity index (χ1) is 14.7. The second-order valence-electron chi connectivity index (χ2n) is 8.18. The Morgan fingerprint density at radius 3 is 2.07 bits per heavy atom. The lowest BCUT2D eigenvalue weighted by molar-refractivity contribution is 0.174. The van der Waals surface area contributed by atoms with Crippen molar-refractivity contribution in [1.29, 1.82) is 0 Å². The molecule has 0 bridgehead atoms. The Balaban J connectivity index is 1.39. The van der Waals surface area contributed by atoms with Crippen molar-refractivity contribution >= 4 is 0 Å². The largest absolute Gasteiger partial charge is 0.508 e. The molecule has 30 heavy (non-hydrogen) atoms. The molecule has 0 saturated heterocycles. The first-order valence-corrected chi connectivity index (χ1v) is 11.6. The molecule has 2 aromatic carbocycles. The molecular weight excluding hydrogens is 374 g/mol. The molecule has 166 valence electrons. The quantitative estimate of drug-likeness (QED) is 0.283. The lowest BCUT2D eigenvalue weighted by Gasteiger charge is -2.14. The van der Waals surface area contributed by atoms with E-state index in [1.165, 1.54) is 69.4 Å². The molecular formula is C26H39NO3. The van der Waals surface area contributed by atoms with E-state index in [-0.39, 0.29) is 12.4 Å². The normalized spacial score (nSPS) is 12.2. The number of nitrogens with one attached hydrogen (secondary N) is 1. The van der Waals surface area contributed by atoms with Gasteiger partial charge in [0.2, 0.25) is 0 Å². The van der Waals surface area contributed by atoms with Crippen molar-refractivity contribution in [3.05, 3.63) is 65.2 Å². The fraction of sp³-hybridized carbons (Fsp3) is 0.538. The lowest BCUT2D eigenvalue weighted by atomic mass is 10.0. The number of hydrogen-bond acceptors (Lipinski definition) is 4. The van der Waals surface area contributed by atoms with Gasteiger partial charge in [-0.2, -0.15) is 0 Å². The van der Waals surface area contributed by atoms with Gasteiger partial charge in [0.15, 0.2) is 0 Å². The van der Waals surface area contributed by atoms with E-state index in [1.54, 1.807) is 12.1 Å². The molecule has 0 aromatic heterocycles. The Hall–Kier alpha value is -1.88. The van der Waals surface area contributed by atoms with Gasteiger partial charge in [-0.05, 0) is 49.1 Å². The van der Waals surface area contributed by atoms with Gasteiger partial charge in [0.25, 0.3) is 0 Å². The highest BCUT2D eigenvalue weighted by molar-refractivity contribution is 5.36. The van der Waals surface area contributed by atoms with Crippen LogP contribution in [0.3, 0.4) is 0 Å². The average Bonchev–Trinajstić information content (AvgIpc) is 2.77. The average molecular weight is 414 g/mol. The maximum atomic E-state index is 10.2. The van der Waals surface area contributed by atoms with Crippen molar-refractivity contribution in [2.75, 3.05) is 13.1 Å². The standard InChI is InChI=1S/C26H39NO3/c28-21-24-19-23(16-17-25(24)29)26(30)20-27-18-12-7-5-3-1-2-4-6-9-13-22-14-10-8-11-15-22/h8,10-11,14-17,19,26-30H,1-7,9,12-13,18,20-21H2. The fourth-order valence-electron chi connectivity index (χ4n) is 3.76. The topological polar surface area (TPSA) is 72.7 Å². The number of unbranched alkanes of at least 4 members (excludes halogenated alkanes) is 8. The van der Waals surface area contributed by atoms with Gasteiger partial charge in [0.1, 0.15) is 5.75 Å². The smallest absolute Gasteiger partial charge is 0.121 e. The summed E-state index contributed by atoms with van der Waals surface area (Å²) in [6, 6.07) is 15.6. The van der Waals surface area contributed by atoms with Crippen molar-refractivity contribution in [3.63, 3.8) is 0 Å². The summed E-state index contributed by atoms with van der Waals surface area (Å²) in [5, 5.41) is 32.3. The third kappa shape index (κ3) is 9.75. The van der Waals surface area contributed by atoms with Crippen LogP contribution < -0.4 is 5.32 Å². The number of aryl methyl sites for hydroxylation is 1. The number of rotatable bonds is 16. The summed E-state index contributed by atoms with van der Waals surface area (Å²) in [4.78, 5) is 0. The zero-order chi connectivity index (χ0) is 21.4. The van der Waals surface area contributed by atoms with E-state index in [0.29, 0.717) is 17.7 Å². The number of benzene rings is 2. The van der Waals surface area contributed by atoms with E-state index < -0.39 is 6.10 Å². The van der Waals surface area contributed by atoms with Gasteiger partial charge in [0, 0.05) is 12.1 Å². The number of aliphatic hydroxyl groups is 2. The first kappa shape index (κ1) is 24.4. The molecule has 4 nitrogen and oxygen atoms in total. The molecule has 4 heteroatoms. The van der Waals surface area contributed by atoms with E-state index in [1.807, 2.05) is 0 Å². The van der Waals surface area contributed by atoms with Gasteiger partial charge in [-0.1, -0.05) is 81.3 Å². The van der Waals surface area contributed by atoms with Crippen molar-refractivity contribution in [1.82, 2.24) is 5.32 Å². The number of hydrogen-bond donors (Lipinski definition) is 4. The molecule has 0 spiro atoms. The highest BCUT2D eigenvalue weighted by atomic mass is 16.3. The van der Waals surface area contributed by atoms with Crippen LogP contribution in [-0.2, 0) is 13.0 Å². The maximum Gasteiger partial charge on any atom is 0.121 e. The predicted octanol–water partition coefficient (Wildman–Crippen LogP) is 5.26. The van der Waals surface area contributed by atoms with Crippen LogP contribution in [0.15, 0.2) is 48.5 Å². The Morgan fingerprint density at radius 2 is 1.40 bits per heavy atom. The molecule has 0 aliphatic rings. The summed E-state index contributed by atoms with van der Waals surface area (Å²) < 4.78 is 0. The molecule has 0 radical (unpaired) electrons. The molecule has 1 atom stereocenters. The van der Waals surface area contributed by atoms with Gasteiger partial charge in [-0.15, -0.1) is 0 Å². The first-order valence-electron chi connectivity index (χ1n) is 11.6. The number of phenols is 1. The van der Waals surface area contributed by atoms with Gasteiger partial charge in [0.05, 0.1) is 12.7 Å². The molecule has 0 heterocycles. The van der Waals surface area contributed by atoms with Crippen LogP contribution in [0.1, 0.15) is 80.6 Å². The minimum atomic E-state index is -0.627. The van der Waals surface area contributed by atoms with Gasteiger partial charge >= 0.3 is 0 Å². The van der Waals surface area contributed by atoms with Crippen LogP contribution in [0.5, 0.6) is 5.75 Å². The molecule has 2 rings (SSSR count). The molecule has 0 aliphatic carbocycles. The summed E-state index contributed by atoms with van der Waals surface area (Å²) in [7, 11) is 0. The molecule has 0 saturated carbocycles. The van der Waals surface area contributed by atoms with E-state index in [2.05, 4.69) is 35.6 Å². The highest BCUT2D eigenvalue weighted by Crippen LogP contribution is 2.22. The number of aromatic hydroxyl groups is 1. The van der Waals surface area contributed by atoms with Crippen LogP contribution in [-0.4, -0.2) is 28.4 Å². The minimum Gasteiger partial charge on any atom is -0.508 e. The van der Waals surface area contributed by atoms with Crippen LogP contribution in [0, 0.1) is 0 Å². The summed E-state index contributed by atoms with van der Waals surface area (Å²) in [5.41, 5.74) is 2.62. The Bertz CT molecular complexity index is 690. The third-order valence-electron chi connectivity index (χ3n) is 5.66. The van der Waals surface area contributed by atoms with E-state index in [0.717, 1.165) is 13.0 Å². The summed E-state index contributed by atoms with van der Waals surface area (Å²) in [6.07, 6.45) is 12.2. The third-order valence-corrected chi connectivity index (χ3v) is 5.66. The van der Waals surface area contributed by atoms with Gasteiger partial charge in [-0.25, -0.2) is 0 Å². The zero-order valence-corrected chi connectivity index (χ0v) is 18.2. The number of aliphatic hydroxyl groups excluding tert-OH is 2.